The molecule has 0 bridgehead atoms. The van der Waals surface area contributed by atoms with E-state index < -0.39 is 30.0 Å². The number of anilines is 1. The van der Waals surface area contributed by atoms with E-state index >= 15 is 0 Å². The summed E-state index contributed by atoms with van der Waals surface area (Å²) >= 11 is 0. The number of ether oxygens (including phenoxy) is 2. The number of esters is 2. The molecule has 5 rings (SSSR count). The number of aryl methyl sites for hydroxylation is 1. The predicted octanol–water partition coefficient (Wildman–Crippen LogP) is 6.54. The van der Waals surface area contributed by atoms with Gasteiger partial charge in [0.05, 0.1) is 24.3 Å². The Morgan fingerprint density at radius 2 is 1.54 bits per heavy atom. The lowest BCUT2D eigenvalue weighted by atomic mass is 9.86. The van der Waals surface area contributed by atoms with Crippen molar-refractivity contribution in [1.29, 1.82) is 0 Å². The van der Waals surface area contributed by atoms with Crippen molar-refractivity contribution in [2.45, 2.75) is 52.0 Å². The standard InChI is InChI=1S/C42H45N3O7/c1-9-51-40(50)42(34-13-11-10-12-31(34)39(49)45(42)8)25-52-36(46)24-27-15-21-35(33(23-27)38(48)44(6)7)43-37(47)30-20-14-26(2)22-32(30)28-16-18-29(19-17-28)41(3,4)5/h10-23H,9,24-25H2,1-8H3,(H,43,47)/t42-/m0/s1. The first-order valence-electron chi connectivity index (χ1n) is 17.2. The molecule has 0 saturated heterocycles. The molecule has 1 aliphatic rings. The minimum absolute atomic E-state index is 0.0201. The molecule has 0 spiro atoms. The van der Waals surface area contributed by atoms with Crippen LogP contribution in [0, 0.1) is 6.92 Å². The van der Waals surface area contributed by atoms with E-state index in [-0.39, 0.29) is 41.5 Å². The van der Waals surface area contributed by atoms with Crippen molar-refractivity contribution in [1.82, 2.24) is 9.80 Å². The smallest absolute Gasteiger partial charge is 0.340 e. The van der Waals surface area contributed by atoms with Gasteiger partial charge in [0.25, 0.3) is 17.7 Å². The van der Waals surface area contributed by atoms with Gasteiger partial charge in [-0.05, 0) is 65.8 Å². The van der Waals surface area contributed by atoms with E-state index in [0.29, 0.717) is 22.3 Å². The zero-order valence-electron chi connectivity index (χ0n) is 31.0. The highest BCUT2D eigenvalue weighted by molar-refractivity contribution is 6.12. The third kappa shape index (κ3) is 7.32. The maximum atomic E-state index is 13.9. The first kappa shape index (κ1) is 37.5. The number of amides is 3. The Bertz CT molecular complexity index is 2050. The SMILES string of the molecule is CCOC(=O)[C@]1(COC(=O)Cc2ccc(NC(=O)c3ccc(C)cc3-c3ccc(C(C)(C)C)cc3)c(C(=O)N(C)C)c2)c2ccccc2C(=O)N1C. The molecule has 0 fully saturated rings. The molecule has 0 radical (unpaired) electrons. The molecule has 0 aromatic heterocycles. The highest BCUT2D eigenvalue weighted by Crippen LogP contribution is 2.40. The zero-order chi connectivity index (χ0) is 38.0. The van der Waals surface area contributed by atoms with E-state index in [2.05, 4.69) is 38.2 Å². The van der Waals surface area contributed by atoms with Gasteiger partial charge in [-0.25, -0.2) is 4.79 Å². The maximum absolute atomic E-state index is 13.9. The summed E-state index contributed by atoms with van der Waals surface area (Å²) in [4.78, 5) is 69.6. The molecule has 0 aliphatic carbocycles. The number of rotatable bonds is 10. The van der Waals surface area contributed by atoms with Gasteiger partial charge in [0.15, 0.2) is 0 Å². The van der Waals surface area contributed by atoms with Gasteiger partial charge in [-0.3, -0.25) is 19.2 Å². The Hall–Kier alpha value is -5.77. The fourth-order valence-corrected chi connectivity index (χ4v) is 6.36. The minimum atomic E-state index is -1.65. The van der Waals surface area contributed by atoms with E-state index in [1.54, 1.807) is 69.6 Å². The molecular weight excluding hydrogens is 658 g/mol. The van der Waals surface area contributed by atoms with Crippen LogP contribution in [-0.4, -0.2) is 73.8 Å². The summed E-state index contributed by atoms with van der Waals surface area (Å²) in [7, 11) is 4.67. The highest BCUT2D eigenvalue weighted by atomic mass is 16.6. The molecule has 270 valence electrons. The van der Waals surface area contributed by atoms with Crippen LogP contribution < -0.4 is 5.32 Å². The second-order valence-corrected chi connectivity index (χ2v) is 14.2. The number of likely N-dealkylation sites (N-methyl/N-ethyl adjacent to an activating group) is 1. The second-order valence-electron chi connectivity index (χ2n) is 14.2. The molecule has 10 heteroatoms. The molecule has 1 aliphatic heterocycles. The van der Waals surface area contributed by atoms with Crippen LogP contribution in [0.4, 0.5) is 5.69 Å². The summed E-state index contributed by atoms with van der Waals surface area (Å²) in [5, 5.41) is 2.93. The Kier molecular flexibility index (Phi) is 10.7. The third-order valence-corrected chi connectivity index (χ3v) is 9.33. The number of hydrogen-bond acceptors (Lipinski definition) is 7. The monoisotopic (exact) mass is 703 g/mol. The minimum Gasteiger partial charge on any atom is -0.464 e. The van der Waals surface area contributed by atoms with Gasteiger partial charge >= 0.3 is 11.9 Å². The number of nitrogens with zero attached hydrogens (tertiary/aromatic N) is 2. The van der Waals surface area contributed by atoms with Gasteiger partial charge < -0.3 is 24.6 Å². The first-order chi connectivity index (χ1) is 24.6. The molecule has 0 saturated carbocycles. The fraction of sp³-hybridized carbons (Fsp3) is 0.310. The summed E-state index contributed by atoms with van der Waals surface area (Å²) in [6, 6.07) is 25.2. The average molecular weight is 704 g/mol. The van der Waals surface area contributed by atoms with Gasteiger partial charge in [-0.2, -0.15) is 0 Å². The molecule has 1 heterocycles. The number of benzene rings is 4. The molecule has 4 aromatic carbocycles. The average Bonchev–Trinajstić information content (AvgIpc) is 3.33. The Morgan fingerprint density at radius 3 is 2.19 bits per heavy atom. The van der Waals surface area contributed by atoms with E-state index in [1.165, 1.54) is 22.4 Å². The van der Waals surface area contributed by atoms with E-state index in [1.807, 2.05) is 31.2 Å². The lowest BCUT2D eigenvalue weighted by Gasteiger charge is -2.33. The first-order valence-corrected chi connectivity index (χ1v) is 17.2. The summed E-state index contributed by atoms with van der Waals surface area (Å²) < 4.78 is 11.0. The second kappa shape index (κ2) is 14.8. The number of fused-ring (bicyclic) bond motifs is 1. The van der Waals surface area contributed by atoms with Crippen LogP contribution in [0.25, 0.3) is 11.1 Å². The molecule has 0 unspecified atom stereocenters. The summed E-state index contributed by atoms with van der Waals surface area (Å²) in [6.45, 7) is 9.67. The molecule has 4 aromatic rings. The van der Waals surface area contributed by atoms with Crippen LogP contribution in [0.5, 0.6) is 0 Å². The van der Waals surface area contributed by atoms with Gasteiger partial charge in [0.1, 0.15) is 6.61 Å². The number of nitrogens with one attached hydrogen (secondary N) is 1. The van der Waals surface area contributed by atoms with Crippen LogP contribution in [-0.2, 0) is 36.4 Å². The van der Waals surface area contributed by atoms with Crippen LogP contribution in [0.15, 0.2) is 84.9 Å². The number of carbonyl (C=O) groups excluding carboxylic acids is 5. The molecule has 1 N–H and O–H groups in total. The summed E-state index contributed by atoms with van der Waals surface area (Å²) in [5.74, 6) is -2.55. The van der Waals surface area contributed by atoms with Crippen LogP contribution in [0.3, 0.4) is 0 Å². The van der Waals surface area contributed by atoms with Gasteiger partial charge in [-0.1, -0.05) is 87.0 Å². The molecule has 1 atom stereocenters. The van der Waals surface area contributed by atoms with Crippen molar-refractivity contribution in [2.75, 3.05) is 39.7 Å². The van der Waals surface area contributed by atoms with Gasteiger partial charge in [0.2, 0.25) is 5.54 Å². The topological polar surface area (TPSA) is 122 Å². The lowest BCUT2D eigenvalue weighted by Crippen LogP contribution is -2.52. The maximum Gasteiger partial charge on any atom is 0.340 e. The van der Waals surface area contributed by atoms with Crippen molar-refractivity contribution >= 4 is 35.3 Å². The number of hydrogen-bond donors (Lipinski definition) is 1. The Balaban J connectivity index is 1.39. The van der Waals surface area contributed by atoms with Crippen molar-refractivity contribution in [3.63, 3.8) is 0 Å². The van der Waals surface area contributed by atoms with E-state index in [0.717, 1.165) is 16.7 Å². The zero-order valence-corrected chi connectivity index (χ0v) is 31.0. The lowest BCUT2D eigenvalue weighted by molar-refractivity contribution is -0.163. The van der Waals surface area contributed by atoms with E-state index in [4.69, 9.17) is 9.47 Å². The highest BCUT2D eigenvalue weighted by Gasteiger charge is 2.55. The van der Waals surface area contributed by atoms with Crippen molar-refractivity contribution < 1.29 is 33.4 Å². The normalized spacial score (nSPS) is 15.2. The fourth-order valence-electron chi connectivity index (χ4n) is 6.36. The quantitative estimate of drug-likeness (QED) is 0.186. The van der Waals surface area contributed by atoms with Crippen molar-refractivity contribution in [2.24, 2.45) is 0 Å². The van der Waals surface area contributed by atoms with Crippen molar-refractivity contribution in [3.8, 4) is 11.1 Å². The number of carbonyl (C=O) groups is 5. The third-order valence-electron chi connectivity index (χ3n) is 9.33. The Morgan fingerprint density at radius 1 is 0.846 bits per heavy atom. The molecule has 3 amide bonds. The molecular formula is C42H45N3O7. The van der Waals surface area contributed by atoms with E-state index in [9.17, 15) is 24.0 Å². The van der Waals surface area contributed by atoms with Gasteiger partial charge in [-0.15, -0.1) is 0 Å². The summed E-state index contributed by atoms with van der Waals surface area (Å²) in [5.41, 5.74) is 4.23. The predicted molar refractivity (Wildman–Crippen MR) is 199 cm³/mol. The van der Waals surface area contributed by atoms with Crippen LogP contribution in [0.1, 0.15) is 81.0 Å². The van der Waals surface area contributed by atoms with Crippen LogP contribution >= 0.6 is 0 Å². The van der Waals surface area contributed by atoms with Gasteiger partial charge in [0, 0.05) is 37.8 Å². The molecule has 10 nitrogen and oxygen atoms in total. The Labute approximate surface area is 304 Å². The molecule has 52 heavy (non-hydrogen) atoms. The largest absolute Gasteiger partial charge is 0.464 e. The van der Waals surface area contributed by atoms with Crippen molar-refractivity contribution in [3.05, 3.63) is 124 Å². The van der Waals surface area contributed by atoms with Crippen LogP contribution in [0.2, 0.25) is 0 Å². The summed E-state index contributed by atoms with van der Waals surface area (Å²) in [6.07, 6.45) is -0.243.